The van der Waals surface area contributed by atoms with E-state index in [0.29, 0.717) is 29.7 Å². The summed E-state index contributed by atoms with van der Waals surface area (Å²) in [6.07, 6.45) is 4.01. The topological polar surface area (TPSA) is 55.8 Å². The number of hydrogen-bond acceptors (Lipinski definition) is 5. The molecule has 1 aliphatic heterocycles. The van der Waals surface area contributed by atoms with E-state index in [2.05, 4.69) is 22.9 Å². The number of nitrogens with zero attached hydrogens (tertiary/aromatic N) is 1. The lowest BCUT2D eigenvalue weighted by Crippen LogP contribution is -2.54. The Kier molecular flexibility index (Phi) is 5.62. The van der Waals surface area contributed by atoms with Crippen molar-refractivity contribution in [2.24, 2.45) is 11.8 Å². The van der Waals surface area contributed by atoms with E-state index in [9.17, 15) is 9.59 Å². The van der Waals surface area contributed by atoms with Gasteiger partial charge in [0, 0.05) is 5.92 Å². The summed E-state index contributed by atoms with van der Waals surface area (Å²) in [4.78, 5) is 27.6. The van der Waals surface area contributed by atoms with Crippen LogP contribution >= 0.6 is 27.3 Å². The minimum Gasteiger partial charge on any atom is -0.465 e. The van der Waals surface area contributed by atoms with Gasteiger partial charge in [-0.3, -0.25) is 4.79 Å². The lowest BCUT2D eigenvalue weighted by molar-refractivity contribution is -0.126. The van der Waals surface area contributed by atoms with Crippen molar-refractivity contribution in [1.82, 2.24) is 0 Å². The molecule has 1 amide bonds. The number of hydrogen-bond donors (Lipinski definition) is 0. The maximum Gasteiger partial charge on any atom is 0.350 e. The summed E-state index contributed by atoms with van der Waals surface area (Å²) in [5.41, 5.74) is 0.649. The van der Waals surface area contributed by atoms with Gasteiger partial charge in [-0.1, -0.05) is 6.92 Å². The van der Waals surface area contributed by atoms with E-state index in [-0.39, 0.29) is 17.9 Å². The molecule has 0 aromatic carbocycles. The first kappa shape index (κ1) is 17.9. The van der Waals surface area contributed by atoms with E-state index in [1.54, 1.807) is 4.90 Å². The molecule has 1 saturated carbocycles. The zero-order chi connectivity index (χ0) is 17.3. The highest BCUT2D eigenvalue weighted by atomic mass is 79.9. The number of thiophene rings is 1. The maximum absolute atomic E-state index is 13.2. The van der Waals surface area contributed by atoms with Gasteiger partial charge in [0.2, 0.25) is 5.91 Å². The zero-order valence-electron chi connectivity index (χ0n) is 13.9. The van der Waals surface area contributed by atoms with Crippen LogP contribution in [-0.4, -0.2) is 38.2 Å². The number of esters is 1. The van der Waals surface area contributed by atoms with E-state index >= 15 is 0 Å². The molecule has 1 aromatic heterocycles. The van der Waals surface area contributed by atoms with Gasteiger partial charge in [0.25, 0.3) is 0 Å². The van der Waals surface area contributed by atoms with E-state index < -0.39 is 5.97 Å². The summed E-state index contributed by atoms with van der Waals surface area (Å²) in [5.74, 6) is 0.433. The summed E-state index contributed by atoms with van der Waals surface area (Å²) in [6, 6.07) is 1.85. The van der Waals surface area contributed by atoms with Gasteiger partial charge >= 0.3 is 5.97 Å². The molecule has 1 aromatic rings. The van der Waals surface area contributed by atoms with Crippen molar-refractivity contribution in [3.05, 3.63) is 14.7 Å². The molecule has 0 N–H and O–H groups in total. The summed E-state index contributed by atoms with van der Waals surface area (Å²) in [6.45, 7) is 3.27. The molecule has 2 aliphatic rings. The Bertz CT molecular complexity index is 620. The molecule has 3 rings (SSSR count). The number of ether oxygens (including phenoxy) is 2. The highest BCUT2D eigenvalue weighted by Crippen LogP contribution is 2.39. The molecule has 132 valence electrons. The van der Waals surface area contributed by atoms with Crippen LogP contribution in [0.2, 0.25) is 0 Å². The second kappa shape index (κ2) is 7.54. The number of methoxy groups -OCH3 is 1. The molecule has 5 nitrogen and oxygen atoms in total. The van der Waals surface area contributed by atoms with E-state index in [1.165, 1.54) is 18.4 Å². The smallest absolute Gasteiger partial charge is 0.350 e. The monoisotopic (exact) mass is 415 g/mol. The second-order valence-electron chi connectivity index (χ2n) is 6.61. The summed E-state index contributed by atoms with van der Waals surface area (Å²) < 4.78 is 11.0. The quantitative estimate of drug-likeness (QED) is 0.700. The Morgan fingerprint density at radius 2 is 1.96 bits per heavy atom. The maximum atomic E-state index is 13.2. The molecule has 2 fully saturated rings. The van der Waals surface area contributed by atoms with Crippen LogP contribution in [0.5, 0.6) is 0 Å². The van der Waals surface area contributed by atoms with Gasteiger partial charge < -0.3 is 14.4 Å². The first-order valence-corrected chi connectivity index (χ1v) is 9.90. The molecule has 0 atom stereocenters. The lowest BCUT2D eigenvalue weighted by Gasteiger charge is -2.40. The van der Waals surface area contributed by atoms with Crippen LogP contribution in [0.1, 0.15) is 42.3 Å². The normalized spacial score (nSPS) is 24.3. The van der Waals surface area contributed by atoms with Crippen molar-refractivity contribution in [1.29, 1.82) is 0 Å². The van der Waals surface area contributed by atoms with Crippen molar-refractivity contribution < 1.29 is 19.1 Å². The number of carbonyl (C=O) groups is 2. The highest BCUT2D eigenvalue weighted by Gasteiger charge is 2.38. The third-order valence-electron chi connectivity index (χ3n) is 4.90. The zero-order valence-corrected chi connectivity index (χ0v) is 16.3. The average molecular weight is 416 g/mol. The second-order valence-corrected chi connectivity index (χ2v) is 9.04. The number of anilines is 1. The van der Waals surface area contributed by atoms with Gasteiger partial charge in [-0.05, 0) is 53.6 Å². The first-order chi connectivity index (χ1) is 11.5. The van der Waals surface area contributed by atoms with Crippen molar-refractivity contribution in [3.63, 3.8) is 0 Å². The van der Waals surface area contributed by atoms with E-state index in [1.807, 2.05) is 6.07 Å². The molecule has 0 radical (unpaired) electrons. The molecular weight excluding hydrogens is 394 g/mol. The fraction of sp³-hybridized carbons (Fsp3) is 0.647. The molecule has 1 saturated heterocycles. The van der Waals surface area contributed by atoms with Crippen LogP contribution in [0.25, 0.3) is 0 Å². The molecule has 2 heterocycles. The van der Waals surface area contributed by atoms with E-state index in [4.69, 9.17) is 9.47 Å². The van der Waals surface area contributed by atoms with Gasteiger partial charge in [-0.25, -0.2) is 4.79 Å². The van der Waals surface area contributed by atoms with Gasteiger partial charge in [0.05, 0.1) is 35.8 Å². The molecule has 1 aliphatic carbocycles. The standard InChI is InChI=1S/C17H22BrNO4S/c1-10-3-5-11(6-4-10)16(20)19(12-8-23-9-12)13-7-14(18)24-15(13)17(21)22-2/h7,10-12H,3-6,8-9H2,1-2H3. The van der Waals surface area contributed by atoms with Crippen molar-refractivity contribution in [3.8, 4) is 0 Å². The number of amides is 1. The SMILES string of the molecule is COC(=O)c1sc(Br)cc1N(C(=O)C1CCC(C)CC1)C1COC1. The van der Waals surface area contributed by atoms with Crippen molar-refractivity contribution >= 4 is 44.8 Å². The molecule has 0 bridgehead atoms. The Morgan fingerprint density at radius 3 is 2.50 bits per heavy atom. The minimum absolute atomic E-state index is 0.00163. The van der Waals surface area contributed by atoms with Gasteiger partial charge in [-0.2, -0.15) is 0 Å². The third kappa shape index (κ3) is 3.53. The highest BCUT2D eigenvalue weighted by molar-refractivity contribution is 9.11. The lowest BCUT2D eigenvalue weighted by atomic mass is 9.82. The Morgan fingerprint density at radius 1 is 1.29 bits per heavy atom. The van der Waals surface area contributed by atoms with Gasteiger partial charge in [0.1, 0.15) is 4.88 Å². The summed E-state index contributed by atoms with van der Waals surface area (Å²) in [7, 11) is 1.36. The van der Waals surface area contributed by atoms with E-state index in [0.717, 1.165) is 29.5 Å². The summed E-state index contributed by atoms with van der Waals surface area (Å²) in [5, 5.41) is 0. The van der Waals surface area contributed by atoms with Crippen molar-refractivity contribution in [2.75, 3.05) is 25.2 Å². The fourth-order valence-electron chi connectivity index (χ4n) is 3.34. The number of carbonyl (C=O) groups excluding carboxylic acids is 2. The predicted molar refractivity (Wildman–Crippen MR) is 96.6 cm³/mol. The van der Waals surface area contributed by atoms with Crippen LogP contribution in [0, 0.1) is 11.8 Å². The molecule has 0 spiro atoms. The summed E-state index contributed by atoms with van der Waals surface area (Å²) >= 11 is 4.73. The third-order valence-corrected chi connectivity index (χ3v) is 6.51. The van der Waals surface area contributed by atoms with Crippen LogP contribution in [-0.2, 0) is 14.3 Å². The Hall–Kier alpha value is -0.920. The average Bonchev–Trinajstić information content (AvgIpc) is 2.91. The predicted octanol–water partition coefficient (Wildman–Crippen LogP) is 3.86. The van der Waals surface area contributed by atoms with Crippen LogP contribution in [0.4, 0.5) is 5.69 Å². The van der Waals surface area contributed by atoms with Crippen LogP contribution in [0.3, 0.4) is 0 Å². The first-order valence-electron chi connectivity index (χ1n) is 8.29. The molecule has 24 heavy (non-hydrogen) atoms. The minimum atomic E-state index is -0.406. The Balaban J connectivity index is 1.90. The fourth-order valence-corrected chi connectivity index (χ4v) is 4.84. The van der Waals surface area contributed by atoms with Crippen molar-refractivity contribution in [2.45, 2.75) is 38.6 Å². The molecule has 0 unspecified atom stereocenters. The molecule has 7 heteroatoms. The number of halogens is 1. The van der Waals surface area contributed by atoms with Gasteiger partial charge in [0.15, 0.2) is 0 Å². The largest absolute Gasteiger partial charge is 0.465 e. The molecular formula is C17H22BrNO4S. The van der Waals surface area contributed by atoms with Crippen LogP contribution in [0.15, 0.2) is 9.85 Å². The Labute approximate surface area is 154 Å². The van der Waals surface area contributed by atoms with Gasteiger partial charge in [-0.15, -0.1) is 11.3 Å². The number of rotatable bonds is 4. The van der Waals surface area contributed by atoms with Crippen LogP contribution < -0.4 is 4.90 Å².